The monoisotopic (exact) mass is 290 g/mol. The second kappa shape index (κ2) is 6.58. The maximum absolute atomic E-state index is 12.7. The number of nitrogens with zero attached hydrogens (tertiary/aromatic N) is 2. The molecule has 1 fully saturated rings. The smallest absolute Gasteiger partial charge is 0.239 e. The van der Waals surface area contributed by atoms with Crippen LogP contribution in [0.15, 0.2) is 30.3 Å². The molecular formula is C17H26N2O2. The van der Waals surface area contributed by atoms with Crippen molar-refractivity contribution in [2.45, 2.75) is 45.4 Å². The Bertz CT molecular complexity index is 473. The fraction of sp³-hybridized carbons (Fsp3) is 0.588. The second-order valence-corrected chi connectivity index (χ2v) is 6.23. The first kappa shape index (κ1) is 16.0. The molecular weight excluding hydrogens is 264 g/mol. The molecule has 0 saturated carbocycles. The Hall–Kier alpha value is -1.39. The summed E-state index contributed by atoms with van der Waals surface area (Å²) in [6, 6.07) is 9.88. The molecule has 1 saturated heterocycles. The fourth-order valence-electron chi connectivity index (χ4n) is 2.88. The standard InChI is InChI=1S/C17H26N2O2/c1-4-18(12-15-8-6-5-7-9-15)16(20)14(2)19-11-10-17(3,21)13-19/h5-9,14,21H,4,10-13H2,1-3H3. The summed E-state index contributed by atoms with van der Waals surface area (Å²) in [6.45, 7) is 8.48. The summed E-state index contributed by atoms with van der Waals surface area (Å²) >= 11 is 0. The van der Waals surface area contributed by atoms with Crippen LogP contribution in [-0.2, 0) is 11.3 Å². The van der Waals surface area contributed by atoms with Gasteiger partial charge in [-0.25, -0.2) is 0 Å². The molecule has 1 aromatic carbocycles. The lowest BCUT2D eigenvalue weighted by Crippen LogP contribution is -2.47. The van der Waals surface area contributed by atoms with Crippen molar-refractivity contribution in [1.82, 2.24) is 9.80 Å². The number of amides is 1. The molecule has 2 unspecified atom stereocenters. The van der Waals surface area contributed by atoms with Gasteiger partial charge in [0.05, 0.1) is 11.6 Å². The predicted octanol–water partition coefficient (Wildman–Crippen LogP) is 1.88. The van der Waals surface area contributed by atoms with Crippen molar-refractivity contribution in [1.29, 1.82) is 0 Å². The quantitative estimate of drug-likeness (QED) is 0.900. The van der Waals surface area contributed by atoms with Gasteiger partial charge in [0, 0.05) is 26.2 Å². The Kier molecular flexibility index (Phi) is 5.01. The fourth-order valence-corrected chi connectivity index (χ4v) is 2.88. The second-order valence-electron chi connectivity index (χ2n) is 6.23. The van der Waals surface area contributed by atoms with E-state index >= 15 is 0 Å². The number of aliphatic hydroxyl groups is 1. The Morgan fingerprint density at radius 3 is 2.62 bits per heavy atom. The first-order chi connectivity index (χ1) is 9.93. The van der Waals surface area contributed by atoms with Gasteiger partial charge in [0.15, 0.2) is 0 Å². The summed E-state index contributed by atoms with van der Waals surface area (Å²) in [7, 11) is 0. The predicted molar refractivity (Wildman–Crippen MR) is 83.8 cm³/mol. The first-order valence-corrected chi connectivity index (χ1v) is 7.72. The van der Waals surface area contributed by atoms with Gasteiger partial charge in [0.25, 0.3) is 0 Å². The van der Waals surface area contributed by atoms with Crippen molar-refractivity contribution < 1.29 is 9.90 Å². The van der Waals surface area contributed by atoms with Crippen LogP contribution in [-0.4, -0.2) is 52.1 Å². The van der Waals surface area contributed by atoms with Gasteiger partial charge in [-0.2, -0.15) is 0 Å². The molecule has 4 heteroatoms. The number of hydrogen-bond acceptors (Lipinski definition) is 3. The van der Waals surface area contributed by atoms with Crippen LogP contribution in [0.25, 0.3) is 0 Å². The highest BCUT2D eigenvalue weighted by atomic mass is 16.3. The lowest BCUT2D eigenvalue weighted by molar-refractivity contribution is -0.136. The normalized spacial score (nSPS) is 24.0. The summed E-state index contributed by atoms with van der Waals surface area (Å²) in [6.07, 6.45) is 0.732. The molecule has 1 amide bonds. The molecule has 1 heterocycles. The lowest BCUT2D eigenvalue weighted by atomic mass is 10.1. The van der Waals surface area contributed by atoms with Gasteiger partial charge in [-0.3, -0.25) is 9.69 Å². The van der Waals surface area contributed by atoms with Gasteiger partial charge < -0.3 is 10.0 Å². The summed E-state index contributed by atoms with van der Waals surface area (Å²) in [5, 5.41) is 10.1. The van der Waals surface area contributed by atoms with Gasteiger partial charge in [0.1, 0.15) is 0 Å². The molecule has 2 atom stereocenters. The van der Waals surface area contributed by atoms with E-state index in [0.717, 1.165) is 18.5 Å². The number of carbonyl (C=O) groups excluding carboxylic acids is 1. The molecule has 0 radical (unpaired) electrons. The van der Waals surface area contributed by atoms with Crippen LogP contribution in [0.1, 0.15) is 32.8 Å². The van der Waals surface area contributed by atoms with Crippen LogP contribution < -0.4 is 0 Å². The molecule has 1 aliphatic rings. The number of likely N-dealkylation sites (tertiary alicyclic amines) is 1. The van der Waals surface area contributed by atoms with Crippen molar-refractivity contribution in [3.05, 3.63) is 35.9 Å². The highest BCUT2D eigenvalue weighted by Gasteiger charge is 2.36. The van der Waals surface area contributed by atoms with Crippen LogP contribution in [0, 0.1) is 0 Å². The number of likely N-dealkylation sites (N-methyl/N-ethyl adjacent to an activating group) is 1. The SMILES string of the molecule is CCN(Cc1ccccc1)C(=O)C(C)N1CCC(C)(O)C1. The minimum Gasteiger partial charge on any atom is -0.389 e. The Labute approximate surface area is 127 Å². The van der Waals surface area contributed by atoms with Crippen molar-refractivity contribution in [2.24, 2.45) is 0 Å². The van der Waals surface area contributed by atoms with E-state index in [1.807, 2.05) is 56.0 Å². The number of benzene rings is 1. The number of rotatable bonds is 5. The third-order valence-electron chi connectivity index (χ3n) is 4.30. The van der Waals surface area contributed by atoms with Gasteiger partial charge in [0.2, 0.25) is 5.91 Å². The Morgan fingerprint density at radius 1 is 1.43 bits per heavy atom. The van der Waals surface area contributed by atoms with E-state index in [0.29, 0.717) is 19.6 Å². The maximum Gasteiger partial charge on any atom is 0.239 e. The van der Waals surface area contributed by atoms with Crippen molar-refractivity contribution in [3.63, 3.8) is 0 Å². The zero-order valence-electron chi connectivity index (χ0n) is 13.2. The largest absolute Gasteiger partial charge is 0.389 e. The number of hydrogen-bond donors (Lipinski definition) is 1. The van der Waals surface area contributed by atoms with Crippen LogP contribution >= 0.6 is 0 Å². The molecule has 1 aromatic rings. The summed E-state index contributed by atoms with van der Waals surface area (Å²) < 4.78 is 0. The first-order valence-electron chi connectivity index (χ1n) is 7.72. The van der Waals surface area contributed by atoms with E-state index in [9.17, 15) is 9.90 Å². The highest BCUT2D eigenvalue weighted by Crippen LogP contribution is 2.23. The van der Waals surface area contributed by atoms with Gasteiger partial charge >= 0.3 is 0 Å². The summed E-state index contributed by atoms with van der Waals surface area (Å²) in [4.78, 5) is 16.6. The zero-order chi connectivity index (χ0) is 15.5. The molecule has 116 valence electrons. The van der Waals surface area contributed by atoms with E-state index in [1.54, 1.807) is 0 Å². The average Bonchev–Trinajstić information content (AvgIpc) is 2.84. The molecule has 2 rings (SSSR count). The lowest BCUT2D eigenvalue weighted by Gasteiger charge is -2.30. The Morgan fingerprint density at radius 2 is 2.10 bits per heavy atom. The van der Waals surface area contributed by atoms with E-state index in [1.165, 1.54) is 0 Å². The minimum absolute atomic E-state index is 0.138. The third-order valence-corrected chi connectivity index (χ3v) is 4.30. The highest BCUT2D eigenvalue weighted by molar-refractivity contribution is 5.81. The van der Waals surface area contributed by atoms with Crippen LogP contribution in [0.2, 0.25) is 0 Å². The zero-order valence-corrected chi connectivity index (χ0v) is 13.2. The molecule has 0 aromatic heterocycles. The van der Waals surface area contributed by atoms with Crippen molar-refractivity contribution in [2.75, 3.05) is 19.6 Å². The van der Waals surface area contributed by atoms with Crippen molar-refractivity contribution >= 4 is 5.91 Å². The molecule has 0 bridgehead atoms. The van der Waals surface area contributed by atoms with E-state index in [-0.39, 0.29) is 11.9 Å². The minimum atomic E-state index is -0.662. The number of carbonyl (C=O) groups is 1. The van der Waals surface area contributed by atoms with Gasteiger partial charge in [-0.15, -0.1) is 0 Å². The van der Waals surface area contributed by atoms with Crippen LogP contribution in [0.5, 0.6) is 0 Å². The molecule has 21 heavy (non-hydrogen) atoms. The van der Waals surface area contributed by atoms with Gasteiger partial charge in [-0.1, -0.05) is 30.3 Å². The van der Waals surface area contributed by atoms with Crippen molar-refractivity contribution in [3.8, 4) is 0 Å². The molecule has 0 spiro atoms. The van der Waals surface area contributed by atoms with E-state index < -0.39 is 5.60 Å². The van der Waals surface area contributed by atoms with E-state index in [2.05, 4.69) is 4.90 Å². The van der Waals surface area contributed by atoms with E-state index in [4.69, 9.17) is 0 Å². The summed E-state index contributed by atoms with van der Waals surface area (Å²) in [5.74, 6) is 0.138. The van der Waals surface area contributed by atoms with Gasteiger partial charge in [-0.05, 0) is 32.8 Å². The topological polar surface area (TPSA) is 43.8 Å². The molecule has 0 aliphatic carbocycles. The summed E-state index contributed by atoms with van der Waals surface area (Å²) in [5.41, 5.74) is 0.485. The Balaban J connectivity index is 1.99. The molecule has 1 aliphatic heterocycles. The van der Waals surface area contributed by atoms with Crippen LogP contribution in [0.3, 0.4) is 0 Å². The molecule has 4 nitrogen and oxygen atoms in total. The average molecular weight is 290 g/mol. The third kappa shape index (κ3) is 4.05. The maximum atomic E-state index is 12.7. The molecule has 1 N–H and O–H groups in total. The number of β-amino-alcohol motifs (C(OH)–C–C–N with tert-alkyl or cyclic N) is 1. The van der Waals surface area contributed by atoms with Crippen LogP contribution in [0.4, 0.5) is 0 Å².